The molecule has 1 aromatic carbocycles. The Bertz CT molecular complexity index is 941. The van der Waals surface area contributed by atoms with Crippen LogP contribution in [-0.2, 0) is 13.1 Å². The van der Waals surface area contributed by atoms with Crippen LogP contribution in [0.1, 0.15) is 17.4 Å². The highest BCUT2D eigenvalue weighted by molar-refractivity contribution is 7.98. The van der Waals surface area contributed by atoms with Crippen molar-refractivity contribution in [2.75, 3.05) is 12.0 Å². The first-order valence-electron chi connectivity index (χ1n) is 7.52. The third-order valence-corrected chi connectivity index (χ3v) is 5.46. The van der Waals surface area contributed by atoms with Gasteiger partial charge in [0.2, 0.25) is 0 Å². The Labute approximate surface area is 153 Å². The molecule has 8 heteroatoms. The highest BCUT2D eigenvalue weighted by Crippen LogP contribution is 2.22. The molecular formula is C16H17ClN4OS2. The number of rotatable bonds is 5. The van der Waals surface area contributed by atoms with Gasteiger partial charge in [-0.25, -0.2) is 0 Å². The van der Waals surface area contributed by atoms with Gasteiger partial charge in [-0.2, -0.15) is 21.9 Å². The zero-order chi connectivity index (χ0) is 17.1. The second-order valence-corrected chi connectivity index (χ2v) is 7.52. The van der Waals surface area contributed by atoms with E-state index >= 15 is 0 Å². The summed E-state index contributed by atoms with van der Waals surface area (Å²) >= 11 is 9.33. The Morgan fingerprint density at radius 3 is 3.00 bits per heavy atom. The maximum atomic E-state index is 12.6. The van der Waals surface area contributed by atoms with E-state index in [-0.39, 0.29) is 5.91 Å². The van der Waals surface area contributed by atoms with Gasteiger partial charge in [0.1, 0.15) is 5.69 Å². The first-order valence-corrected chi connectivity index (χ1v) is 10.1. The maximum absolute atomic E-state index is 12.6. The number of halogens is 1. The number of thioether (sulfide) groups is 1. The average Bonchev–Trinajstić information content (AvgIpc) is 3.16. The summed E-state index contributed by atoms with van der Waals surface area (Å²) in [6.07, 6.45) is 3.69. The van der Waals surface area contributed by atoms with E-state index in [1.54, 1.807) is 28.7 Å². The van der Waals surface area contributed by atoms with Crippen molar-refractivity contribution >= 4 is 50.8 Å². The number of thiazole rings is 1. The van der Waals surface area contributed by atoms with Gasteiger partial charge in [0.05, 0.1) is 10.2 Å². The number of fused-ring (bicyclic) bond motifs is 1. The predicted molar refractivity (Wildman–Crippen MR) is 101 cm³/mol. The van der Waals surface area contributed by atoms with Crippen molar-refractivity contribution in [3.8, 4) is 0 Å². The Morgan fingerprint density at radius 1 is 1.42 bits per heavy atom. The summed E-state index contributed by atoms with van der Waals surface area (Å²) in [5.74, 6) is 0.674. The second-order valence-electron chi connectivity index (χ2n) is 5.09. The molecule has 0 saturated carbocycles. The molecule has 2 aromatic heterocycles. The summed E-state index contributed by atoms with van der Waals surface area (Å²) < 4.78 is 4.76. The Balaban J connectivity index is 2.11. The van der Waals surface area contributed by atoms with Crippen LogP contribution in [0.3, 0.4) is 0 Å². The van der Waals surface area contributed by atoms with Gasteiger partial charge in [0.25, 0.3) is 5.91 Å². The molecule has 0 aliphatic rings. The third kappa shape index (κ3) is 3.43. The largest absolute Gasteiger partial charge is 0.316 e. The standard InChI is InChI=1S/C16H17ClN4OS2/c1-3-21-13(6-7-18-21)15(22)19-16-20(8-9-23-2)12-5-4-11(17)10-14(12)24-16/h4-7,10H,3,8-9H2,1-2H3. The molecule has 1 amide bonds. The fourth-order valence-corrected chi connectivity index (χ4v) is 4.14. The van der Waals surface area contributed by atoms with Crippen LogP contribution >= 0.6 is 34.7 Å². The van der Waals surface area contributed by atoms with Crippen molar-refractivity contribution in [2.24, 2.45) is 4.99 Å². The molecule has 0 N–H and O–H groups in total. The number of amides is 1. The first-order chi connectivity index (χ1) is 11.6. The smallest absolute Gasteiger partial charge is 0.297 e. The monoisotopic (exact) mass is 380 g/mol. The lowest BCUT2D eigenvalue weighted by atomic mass is 10.3. The molecule has 0 saturated heterocycles. The van der Waals surface area contributed by atoms with Gasteiger partial charge in [-0.1, -0.05) is 22.9 Å². The number of aromatic nitrogens is 3. The summed E-state index contributed by atoms with van der Waals surface area (Å²) in [6, 6.07) is 7.46. The maximum Gasteiger partial charge on any atom is 0.297 e. The number of hydrogen-bond acceptors (Lipinski definition) is 4. The molecule has 5 nitrogen and oxygen atoms in total. The molecular weight excluding hydrogens is 364 g/mol. The van der Waals surface area contributed by atoms with Crippen LogP contribution in [0.25, 0.3) is 10.2 Å². The minimum absolute atomic E-state index is 0.273. The van der Waals surface area contributed by atoms with E-state index in [1.165, 1.54) is 11.3 Å². The fraction of sp³-hybridized carbons (Fsp3) is 0.312. The molecule has 126 valence electrons. The summed E-state index contributed by atoms with van der Waals surface area (Å²) in [4.78, 5) is 17.6. The molecule has 0 unspecified atom stereocenters. The molecule has 0 bridgehead atoms. The number of benzene rings is 1. The third-order valence-electron chi connectivity index (χ3n) is 3.60. The van der Waals surface area contributed by atoms with Gasteiger partial charge in [-0.05, 0) is 37.4 Å². The zero-order valence-electron chi connectivity index (χ0n) is 13.4. The predicted octanol–water partition coefficient (Wildman–Crippen LogP) is 3.68. The number of nitrogens with zero attached hydrogens (tertiary/aromatic N) is 4. The topological polar surface area (TPSA) is 52.2 Å². The average molecular weight is 381 g/mol. The van der Waals surface area contributed by atoms with Gasteiger partial charge in [-0.3, -0.25) is 9.48 Å². The lowest BCUT2D eigenvalue weighted by Gasteiger charge is -2.04. The van der Waals surface area contributed by atoms with Crippen LogP contribution < -0.4 is 4.80 Å². The van der Waals surface area contributed by atoms with Gasteiger partial charge >= 0.3 is 0 Å². The van der Waals surface area contributed by atoms with Crippen LogP contribution in [0.2, 0.25) is 5.02 Å². The van der Waals surface area contributed by atoms with Crippen molar-refractivity contribution in [3.63, 3.8) is 0 Å². The Hall–Kier alpha value is -1.57. The van der Waals surface area contributed by atoms with E-state index in [1.807, 2.05) is 25.1 Å². The summed E-state index contributed by atoms with van der Waals surface area (Å²) in [5, 5.41) is 4.82. The quantitative estimate of drug-likeness (QED) is 0.678. The lowest BCUT2D eigenvalue weighted by Crippen LogP contribution is -2.19. The molecule has 0 aliphatic heterocycles. The minimum Gasteiger partial charge on any atom is -0.316 e. The molecule has 0 fully saturated rings. The van der Waals surface area contributed by atoms with Crippen molar-refractivity contribution in [1.82, 2.24) is 14.3 Å². The van der Waals surface area contributed by atoms with E-state index in [9.17, 15) is 4.79 Å². The Morgan fingerprint density at radius 2 is 2.25 bits per heavy atom. The zero-order valence-corrected chi connectivity index (χ0v) is 15.8. The van der Waals surface area contributed by atoms with E-state index in [0.29, 0.717) is 22.1 Å². The van der Waals surface area contributed by atoms with Crippen molar-refractivity contribution in [3.05, 3.63) is 46.0 Å². The Kier molecular flexibility index (Phi) is 5.43. The summed E-state index contributed by atoms with van der Waals surface area (Å²) in [7, 11) is 0. The SMILES string of the molecule is CCn1nccc1C(=O)N=c1sc2cc(Cl)ccc2n1CCSC. The molecule has 0 radical (unpaired) electrons. The number of aryl methyl sites for hydroxylation is 2. The van der Waals surface area contributed by atoms with E-state index < -0.39 is 0 Å². The first kappa shape index (κ1) is 17.3. The van der Waals surface area contributed by atoms with Crippen LogP contribution in [0.4, 0.5) is 0 Å². The molecule has 2 heterocycles. The van der Waals surface area contributed by atoms with E-state index in [4.69, 9.17) is 11.6 Å². The number of hydrogen-bond donors (Lipinski definition) is 0. The van der Waals surface area contributed by atoms with Crippen LogP contribution in [0, 0.1) is 0 Å². The lowest BCUT2D eigenvalue weighted by molar-refractivity contribution is 0.0987. The molecule has 24 heavy (non-hydrogen) atoms. The number of carbonyl (C=O) groups excluding carboxylic acids is 1. The highest BCUT2D eigenvalue weighted by Gasteiger charge is 2.12. The van der Waals surface area contributed by atoms with E-state index in [2.05, 4.69) is 20.9 Å². The molecule has 0 atom stereocenters. The van der Waals surface area contributed by atoms with E-state index in [0.717, 1.165) is 22.5 Å². The van der Waals surface area contributed by atoms with Crippen LogP contribution in [0.15, 0.2) is 35.5 Å². The van der Waals surface area contributed by atoms with Gasteiger partial charge in [0.15, 0.2) is 4.80 Å². The molecule has 0 aliphatic carbocycles. The van der Waals surface area contributed by atoms with Crippen molar-refractivity contribution < 1.29 is 4.79 Å². The number of carbonyl (C=O) groups is 1. The van der Waals surface area contributed by atoms with Crippen LogP contribution in [0.5, 0.6) is 0 Å². The minimum atomic E-state index is -0.273. The van der Waals surface area contributed by atoms with Gasteiger partial charge < -0.3 is 4.57 Å². The fourth-order valence-electron chi connectivity index (χ4n) is 2.44. The summed E-state index contributed by atoms with van der Waals surface area (Å²) in [5.41, 5.74) is 1.55. The highest BCUT2D eigenvalue weighted by atomic mass is 35.5. The molecule has 3 rings (SSSR count). The van der Waals surface area contributed by atoms with Gasteiger partial charge in [0, 0.05) is 30.1 Å². The normalized spacial score (nSPS) is 12.2. The van der Waals surface area contributed by atoms with Crippen molar-refractivity contribution in [2.45, 2.75) is 20.0 Å². The van der Waals surface area contributed by atoms with Gasteiger partial charge in [-0.15, -0.1) is 0 Å². The molecule has 3 aromatic rings. The summed E-state index contributed by atoms with van der Waals surface area (Å²) in [6.45, 7) is 3.38. The van der Waals surface area contributed by atoms with Crippen LogP contribution in [-0.4, -0.2) is 32.3 Å². The van der Waals surface area contributed by atoms with Crippen molar-refractivity contribution in [1.29, 1.82) is 0 Å². The second kappa shape index (κ2) is 7.55. The molecule has 0 spiro atoms.